The second kappa shape index (κ2) is 7.55. The van der Waals surface area contributed by atoms with Gasteiger partial charge in [0.2, 0.25) is 0 Å². The first-order chi connectivity index (χ1) is 9.94. The minimum absolute atomic E-state index is 0.0930. The largest absolute Gasteiger partial charge is 0.394 e. The lowest BCUT2D eigenvalue weighted by atomic mass is 9.95. The molecule has 1 heterocycles. The summed E-state index contributed by atoms with van der Waals surface area (Å²) < 4.78 is 16.8. The lowest BCUT2D eigenvalue weighted by Crippen LogP contribution is -2.60. The maximum atomic E-state index is 10.3. The predicted molar refractivity (Wildman–Crippen MR) is 82.4 cm³/mol. The Kier molecular flexibility index (Phi) is 6.80. The van der Waals surface area contributed by atoms with Crippen LogP contribution in [0, 0.1) is 10.8 Å². The van der Waals surface area contributed by atoms with E-state index in [9.17, 15) is 15.3 Å². The monoisotopic (exact) mass is 320 g/mol. The van der Waals surface area contributed by atoms with Crippen LogP contribution in [-0.4, -0.2) is 65.8 Å². The summed E-state index contributed by atoms with van der Waals surface area (Å²) >= 11 is 0. The highest BCUT2D eigenvalue weighted by Gasteiger charge is 2.46. The Hall–Kier alpha value is -0.240. The first-order valence-electron chi connectivity index (χ1n) is 7.80. The van der Waals surface area contributed by atoms with Gasteiger partial charge in [-0.25, -0.2) is 0 Å². The Bertz CT molecular complexity index is 331. The molecule has 132 valence electrons. The molecule has 5 atom stereocenters. The van der Waals surface area contributed by atoms with E-state index in [0.29, 0.717) is 13.2 Å². The van der Waals surface area contributed by atoms with Gasteiger partial charge < -0.3 is 29.5 Å². The first kappa shape index (κ1) is 19.8. The molecule has 3 N–H and O–H groups in total. The van der Waals surface area contributed by atoms with Crippen LogP contribution in [0.15, 0.2) is 0 Å². The van der Waals surface area contributed by atoms with Crippen molar-refractivity contribution in [3.63, 3.8) is 0 Å². The van der Waals surface area contributed by atoms with Crippen molar-refractivity contribution in [2.24, 2.45) is 10.8 Å². The summed E-state index contributed by atoms with van der Waals surface area (Å²) in [6.45, 7) is 12.4. The topological polar surface area (TPSA) is 88.4 Å². The number of hydrogen-bond acceptors (Lipinski definition) is 6. The van der Waals surface area contributed by atoms with Crippen molar-refractivity contribution in [2.75, 3.05) is 19.8 Å². The third-order valence-corrected chi connectivity index (χ3v) is 3.21. The van der Waals surface area contributed by atoms with E-state index in [4.69, 9.17) is 14.2 Å². The average molecular weight is 320 g/mol. The summed E-state index contributed by atoms with van der Waals surface area (Å²) in [7, 11) is 0. The molecule has 0 amide bonds. The zero-order chi connectivity index (χ0) is 17.1. The van der Waals surface area contributed by atoms with Gasteiger partial charge in [0.1, 0.15) is 24.4 Å². The summed E-state index contributed by atoms with van der Waals surface area (Å²) in [6.07, 6.45) is -4.87. The second-order valence-electron chi connectivity index (χ2n) is 8.41. The fourth-order valence-electron chi connectivity index (χ4n) is 2.07. The number of hydrogen-bond donors (Lipinski definition) is 3. The Morgan fingerprint density at radius 3 is 1.82 bits per heavy atom. The van der Waals surface area contributed by atoms with Crippen LogP contribution in [0.5, 0.6) is 0 Å². The van der Waals surface area contributed by atoms with Gasteiger partial charge in [0.25, 0.3) is 0 Å². The quantitative estimate of drug-likeness (QED) is 0.698. The van der Waals surface area contributed by atoms with E-state index in [1.54, 1.807) is 0 Å². The maximum absolute atomic E-state index is 10.3. The van der Waals surface area contributed by atoms with E-state index in [1.165, 1.54) is 0 Å². The first-order valence-corrected chi connectivity index (χ1v) is 7.80. The Morgan fingerprint density at radius 1 is 0.864 bits per heavy atom. The minimum atomic E-state index is -1.21. The van der Waals surface area contributed by atoms with Gasteiger partial charge in [-0.3, -0.25) is 0 Å². The molecule has 0 aromatic carbocycles. The molecule has 0 aromatic heterocycles. The van der Waals surface area contributed by atoms with Gasteiger partial charge in [-0.1, -0.05) is 41.5 Å². The molecule has 0 bridgehead atoms. The predicted octanol–water partition coefficient (Wildman–Crippen LogP) is 0.919. The number of aliphatic hydroxyl groups is 3. The molecule has 2 unspecified atom stereocenters. The van der Waals surface area contributed by atoms with Crippen molar-refractivity contribution in [1.29, 1.82) is 0 Å². The smallest absolute Gasteiger partial charge is 0.186 e. The van der Waals surface area contributed by atoms with Gasteiger partial charge in [-0.15, -0.1) is 0 Å². The fourth-order valence-corrected chi connectivity index (χ4v) is 2.07. The molecule has 0 aromatic rings. The molecular formula is C16H32O6. The zero-order valence-corrected chi connectivity index (χ0v) is 14.6. The van der Waals surface area contributed by atoms with Crippen LogP contribution in [0.3, 0.4) is 0 Å². The highest BCUT2D eigenvalue weighted by molar-refractivity contribution is 4.90. The molecule has 6 nitrogen and oxygen atoms in total. The normalized spacial score (nSPS) is 34.0. The molecule has 1 aliphatic heterocycles. The summed E-state index contributed by atoms with van der Waals surface area (Å²) in [6, 6.07) is 0. The number of aliphatic hydroxyl groups excluding tert-OH is 3. The third kappa shape index (κ3) is 6.10. The highest BCUT2D eigenvalue weighted by Crippen LogP contribution is 2.27. The summed E-state index contributed by atoms with van der Waals surface area (Å²) in [5, 5.41) is 30.0. The highest BCUT2D eigenvalue weighted by atomic mass is 16.7. The van der Waals surface area contributed by atoms with Gasteiger partial charge >= 0.3 is 0 Å². The van der Waals surface area contributed by atoms with Crippen LogP contribution in [-0.2, 0) is 14.2 Å². The lowest BCUT2D eigenvalue weighted by Gasteiger charge is -2.43. The molecule has 0 radical (unpaired) electrons. The van der Waals surface area contributed by atoms with E-state index in [1.807, 2.05) is 41.5 Å². The van der Waals surface area contributed by atoms with Crippen molar-refractivity contribution in [1.82, 2.24) is 0 Å². The zero-order valence-electron chi connectivity index (χ0n) is 14.6. The SMILES string of the molecule is CC(C)(C)CO[C@H]1OC(CO)[C@@H](OCC(C)(C)C)[C@@H](O)C1O. The van der Waals surface area contributed by atoms with E-state index in [-0.39, 0.29) is 17.4 Å². The minimum Gasteiger partial charge on any atom is -0.394 e. The maximum Gasteiger partial charge on any atom is 0.186 e. The van der Waals surface area contributed by atoms with Crippen molar-refractivity contribution >= 4 is 0 Å². The molecule has 1 rings (SSSR count). The standard InChI is InChI=1S/C16H32O6/c1-15(2,3)8-20-13-10(7-17)22-14(12(19)11(13)18)21-9-16(4,5)6/h10-14,17-19H,7-9H2,1-6H3/t10?,11-,12?,13+,14-/m0/s1. The van der Waals surface area contributed by atoms with E-state index >= 15 is 0 Å². The average Bonchev–Trinajstić information content (AvgIpc) is 2.36. The molecule has 0 saturated carbocycles. The van der Waals surface area contributed by atoms with Crippen LogP contribution in [0.2, 0.25) is 0 Å². The van der Waals surface area contributed by atoms with Gasteiger partial charge in [-0.05, 0) is 10.8 Å². The van der Waals surface area contributed by atoms with E-state index in [2.05, 4.69) is 0 Å². The molecule has 6 heteroatoms. The van der Waals surface area contributed by atoms with Gasteiger partial charge in [0.05, 0.1) is 19.8 Å². The Labute approximate surface area is 133 Å². The number of ether oxygens (including phenoxy) is 3. The summed E-state index contributed by atoms with van der Waals surface area (Å²) in [4.78, 5) is 0. The van der Waals surface area contributed by atoms with Crippen LogP contribution >= 0.6 is 0 Å². The number of rotatable bonds is 5. The molecule has 1 fully saturated rings. The van der Waals surface area contributed by atoms with Gasteiger partial charge in [-0.2, -0.15) is 0 Å². The second-order valence-corrected chi connectivity index (χ2v) is 8.41. The molecule has 0 aliphatic carbocycles. The van der Waals surface area contributed by atoms with Crippen molar-refractivity contribution < 1.29 is 29.5 Å². The van der Waals surface area contributed by atoms with Crippen LogP contribution in [0.25, 0.3) is 0 Å². The fraction of sp³-hybridized carbons (Fsp3) is 1.00. The van der Waals surface area contributed by atoms with Crippen LogP contribution in [0.4, 0.5) is 0 Å². The lowest BCUT2D eigenvalue weighted by molar-refractivity contribution is -0.313. The third-order valence-electron chi connectivity index (χ3n) is 3.21. The van der Waals surface area contributed by atoms with E-state index < -0.39 is 30.7 Å². The van der Waals surface area contributed by atoms with E-state index in [0.717, 1.165) is 0 Å². The molecule has 22 heavy (non-hydrogen) atoms. The van der Waals surface area contributed by atoms with Crippen LogP contribution in [0.1, 0.15) is 41.5 Å². The van der Waals surface area contributed by atoms with Crippen molar-refractivity contribution in [3.05, 3.63) is 0 Å². The van der Waals surface area contributed by atoms with Crippen molar-refractivity contribution in [3.8, 4) is 0 Å². The molecule has 1 saturated heterocycles. The van der Waals surface area contributed by atoms with Gasteiger partial charge in [0.15, 0.2) is 6.29 Å². The summed E-state index contributed by atoms with van der Waals surface area (Å²) in [5.41, 5.74) is -0.188. The summed E-state index contributed by atoms with van der Waals surface area (Å²) in [5.74, 6) is 0. The Morgan fingerprint density at radius 2 is 1.36 bits per heavy atom. The van der Waals surface area contributed by atoms with Crippen LogP contribution < -0.4 is 0 Å². The molecule has 1 aliphatic rings. The van der Waals surface area contributed by atoms with Crippen molar-refractivity contribution in [2.45, 2.75) is 72.2 Å². The Balaban J connectivity index is 2.69. The molecular weight excluding hydrogens is 288 g/mol. The van der Waals surface area contributed by atoms with Gasteiger partial charge in [0, 0.05) is 0 Å². The molecule has 0 spiro atoms.